The van der Waals surface area contributed by atoms with Crippen molar-refractivity contribution in [3.63, 3.8) is 0 Å². The quantitative estimate of drug-likeness (QED) is 0.725. The molecule has 2 amide bonds. The van der Waals surface area contributed by atoms with Gasteiger partial charge in [0.05, 0.1) is 36.7 Å². The van der Waals surface area contributed by atoms with Gasteiger partial charge in [0.2, 0.25) is 5.91 Å². The first-order valence-electron chi connectivity index (χ1n) is 9.81. The highest BCUT2D eigenvalue weighted by Gasteiger charge is 2.38. The lowest BCUT2D eigenvalue weighted by Crippen LogP contribution is -2.28. The summed E-state index contributed by atoms with van der Waals surface area (Å²) >= 11 is 6.10. The molecule has 0 saturated carbocycles. The van der Waals surface area contributed by atoms with Crippen LogP contribution in [0.15, 0.2) is 30.5 Å². The summed E-state index contributed by atoms with van der Waals surface area (Å²) in [5.41, 5.74) is 1.60. The standard InChI is InChI=1S/C21H19ClF3N3O4/c1-11(12-2-3-17(16(22)6-12)32-10-21(23,24)25)27-9-15-14(20(27)31)4-5-26-19(15)28-8-13(29)7-18(28)30/h2-6,11,13,29H,7-10H2,1H3/t11?,13-/m1/s1. The molecule has 2 aromatic rings. The van der Waals surface area contributed by atoms with Crippen molar-refractivity contribution >= 4 is 29.2 Å². The average molecular weight is 470 g/mol. The van der Waals surface area contributed by atoms with Gasteiger partial charge in [0, 0.05) is 17.3 Å². The summed E-state index contributed by atoms with van der Waals surface area (Å²) in [7, 11) is 0. The number of pyridine rings is 1. The predicted octanol–water partition coefficient (Wildman–Crippen LogP) is 3.49. The molecule has 2 atom stereocenters. The van der Waals surface area contributed by atoms with E-state index in [1.165, 1.54) is 23.2 Å². The Morgan fingerprint density at radius 1 is 1.31 bits per heavy atom. The van der Waals surface area contributed by atoms with Crippen molar-refractivity contribution in [2.75, 3.05) is 18.1 Å². The first-order valence-corrected chi connectivity index (χ1v) is 10.2. The number of rotatable bonds is 5. The maximum absolute atomic E-state index is 13.1. The van der Waals surface area contributed by atoms with E-state index in [2.05, 4.69) is 4.98 Å². The maximum Gasteiger partial charge on any atom is 0.422 e. The lowest BCUT2D eigenvalue weighted by molar-refractivity contribution is -0.153. The Kier molecular flexibility index (Phi) is 5.76. The fourth-order valence-electron chi connectivity index (χ4n) is 3.91. The van der Waals surface area contributed by atoms with Crippen LogP contribution in [0.25, 0.3) is 0 Å². The summed E-state index contributed by atoms with van der Waals surface area (Å²) in [4.78, 5) is 32.5. The second kappa shape index (κ2) is 8.25. The normalized spacial score (nSPS) is 19.5. The zero-order chi connectivity index (χ0) is 23.2. The number of carbonyl (C=O) groups excluding carboxylic acids is 2. The van der Waals surface area contributed by atoms with Gasteiger partial charge < -0.3 is 14.7 Å². The minimum atomic E-state index is -4.48. The Balaban J connectivity index is 1.56. The summed E-state index contributed by atoms with van der Waals surface area (Å²) in [6, 6.07) is 5.47. The highest BCUT2D eigenvalue weighted by Crippen LogP contribution is 2.38. The number of fused-ring (bicyclic) bond motifs is 1. The fourth-order valence-corrected chi connectivity index (χ4v) is 4.15. The number of carbonyl (C=O) groups is 2. The molecule has 1 unspecified atom stereocenters. The van der Waals surface area contributed by atoms with Gasteiger partial charge in [-0.2, -0.15) is 13.2 Å². The third-order valence-corrected chi connectivity index (χ3v) is 5.81. The Bertz CT molecular complexity index is 1080. The summed E-state index contributed by atoms with van der Waals surface area (Å²) in [5, 5.41) is 9.80. The Morgan fingerprint density at radius 3 is 2.69 bits per heavy atom. The number of ether oxygens (including phenoxy) is 1. The van der Waals surface area contributed by atoms with E-state index in [1.54, 1.807) is 24.0 Å². The molecule has 3 heterocycles. The van der Waals surface area contributed by atoms with Gasteiger partial charge in [-0.25, -0.2) is 4.98 Å². The topological polar surface area (TPSA) is 83.0 Å². The molecule has 170 valence electrons. The van der Waals surface area contributed by atoms with Crippen molar-refractivity contribution < 1.29 is 32.6 Å². The van der Waals surface area contributed by atoms with E-state index in [-0.39, 0.29) is 42.1 Å². The van der Waals surface area contributed by atoms with Crippen molar-refractivity contribution in [1.82, 2.24) is 9.88 Å². The number of aromatic nitrogens is 1. The molecule has 1 saturated heterocycles. The predicted molar refractivity (Wildman–Crippen MR) is 109 cm³/mol. The smallest absolute Gasteiger partial charge is 0.422 e. The van der Waals surface area contributed by atoms with Gasteiger partial charge in [0.25, 0.3) is 5.91 Å². The molecule has 1 N–H and O–H groups in total. The third-order valence-electron chi connectivity index (χ3n) is 5.51. The lowest BCUT2D eigenvalue weighted by atomic mass is 10.1. The van der Waals surface area contributed by atoms with Crippen LogP contribution in [0.4, 0.5) is 19.0 Å². The number of hydrogen-bond acceptors (Lipinski definition) is 5. The van der Waals surface area contributed by atoms with Crippen LogP contribution in [0, 0.1) is 0 Å². The molecule has 2 aliphatic rings. The number of alkyl halides is 3. The van der Waals surface area contributed by atoms with Crippen LogP contribution in [0.2, 0.25) is 5.02 Å². The summed E-state index contributed by atoms with van der Waals surface area (Å²) < 4.78 is 41.9. The number of nitrogens with zero attached hydrogens (tertiary/aromatic N) is 3. The molecule has 1 aromatic carbocycles. The van der Waals surface area contributed by atoms with Crippen molar-refractivity contribution in [3.05, 3.63) is 52.2 Å². The van der Waals surface area contributed by atoms with E-state index >= 15 is 0 Å². The molecule has 0 radical (unpaired) electrons. The number of halogens is 4. The summed E-state index contributed by atoms with van der Waals surface area (Å²) in [5.74, 6) is -0.287. The van der Waals surface area contributed by atoms with Crippen LogP contribution in [-0.2, 0) is 11.3 Å². The zero-order valence-electron chi connectivity index (χ0n) is 16.9. The molecular weight excluding hydrogens is 451 g/mol. The monoisotopic (exact) mass is 469 g/mol. The second-order valence-corrected chi connectivity index (χ2v) is 8.13. The number of aliphatic hydroxyl groups is 1. The molecule has 0 spiro atoms. The van der Waals surface area contributed by atoms with E-state index in [9.17, 15) is 27.9 Å². The minimum absolute atomic E-state index is 0.000663. The number of hydrogen-bond donors (Lipinski definition) is 1. The number of β-amino-alcohol motifs (C(OH)–C–C–N with tert-alkyl or cyclic N) is 1. The van der Waals surface area contributed by atoms with Crippen molar-refractivity contribution in [2.45, 2.75) is 38.2 Å². The van der Waals surface area contributed by atoms with Gasteiger partial charge in [-0.15, -0.1) is 0 Å². The molecule has 11 heteroatoms. The van der Waals surface area contributed by atoms with E-state index in [1.807, 2.05) is 0 Å². The largest absolute Gasteiger partial charge is 0.483 e. The molecule has 32 heavy (non-hydrogen) atoms. The third kappa shape index (κ3) is 4.24. The molecule has 4 rings (SSSR count). The van der Waals surface area contributed by atoms with Gasteiger partial charge in [-0.05, 0) is 30.7 Å². The Hall–Kier alpha value is -2.85. The van der Waals surface area contributed by atoms with Gasteiger partial charge in [0.1, 0.15) is 11.6 Å². The van der Waals surface area contributed by atoms with Crippen molar-refractivity contribution in [2.24, 2.45) is 0 Å². The van der Waals surface area contributed by atoms with Crippen LogP contribution < -0.4 is 9.64 Å². The minimum Gasteiger partial charge on any atom is -0.483 e. The van der Waals surface area contributed by atoms with E-state index < -0.39 is 24.9 Å². The second-order valence-electron chi connectivity index (χ2n) is 7.73. The summed E-state index contributed by atoms with van der Waals surface area (Å²) in [6.07, 6.45) is -3.82. The van der Waals surface area contributed by atoms with Crippen LogP contribution in [0.5, 0.6) is 5.75 Å². The first kappa shape index (κ1) is 22.3. The van der Waals surface area contributed by atoms with Crippen molar-refractivity contribution in [1.29, 1.82) is 0 Å². The number of amides is 2. The molecule has 0 aliphatic carbocycles. The van der Waals surface area contributed by atoms with Crippen LogP contribution in [-0.4, -0.2) is 52.2 Å². The molecule has 1 aromatic heterocycles. The van der Waals surface area contributed by atoms with Crippen molar-refractivity contribution in [3.8, 4) is 5.75 Å². The first-order chi connectivity index (χ1) is 15.0. The van der Waals surface area contributed by atoms with E-state index in [0.29, 0.717) is 22.5 Å². The van der Waals surface area contributed by atoms with Crippen LogP contribution in [0.1, 0.15) is 40.9 Å². The lowest BCUT2D eigenvalue weighted by Gasteiger charge is -2.25. The highest BCUT2D eigenvalue weighted by atomic mass is 35.5. The molecule has 1 fully saturated rings. The number of anilines is 1. The van der Waals surface area contributed by atoms with Gasteiger partial charge in [-0.1, -0.05) is 17.7 Å². The van der Waals surface area contributed by atoms with E-state index in [0.717, 1.165) is 0 Å². The summed E-state index contributed by atoms with van der Waals surface area (Å²) in [6.45, 7) is 0.605. The van der Waals surface area contributed by atoms with Crippen LogP contribution >= 0.6 is 11.6 Å². The SMILES string of the molecule is CC(c1ccc(OCC(F)(F)F)c(Cl)c1)N1Cc2c(ccnc2N2C[C@H](O)CC2=O)C1=O. The fraction of sp³-hybridized carbons (Fsp3) is 0.381. The molecule has 0 bridgehead atoms. The number of benzene rings is 1. The highest BCUT2D eigenvalue weighted by molar-refractivity contribution is 6.32. The maximum atomic E-state index is 13.1. The number of aliphatic hydroxyl groups excluding tert-OH is 1. The molecule has 7 nitrogen and oxygen atoms in total. The zero-order valence-corrected chi connectivity index (χ0v) is 17.7. The Labute approximate surface area is 186 Å². The van der Waals surface area contributed by atoms with Gasteiger partial charge >= 0.3 is 6.18 Å². The van der Waals surface area contributed by atoms with E-state index in [4.69, 9.17) is 16.3 Å². The van der Waals surface area contributed by atoms with Gasteiger partial charge in [0.15, 0.2) is 6.61 Å². The Morgan fingerprint density at radius 2 is 2.06 bits per heavy atom. The molecular formula is C21H19ClF3N3O4. The molecule has 2 aliphatic heterocycles. The van der Waals surface area contributed by atoms with Gasteiger partial charge in [-0.3, -0.25) is 14.5 Å². The van der Waals surface area contributed by atoms with Crippen LogP contribution in [0.3, 0.4) is 0 Å². The average Bonchev–Trinajstić information content (AvgIpc) is 3.24.